The van der Waals surface area contributed by atoms with Gasteiger partial charge in [0.2, 0.25) is 11.8 Å². The van der Waals surface area contributed by atoms with E-state index in [-0.39, 0.29) is 18.2 Å². The average Bonchev–Trinajstić information content (AvgIpc) is 2.50. The Morgan fingerprint density at radius 2 is 2.10 bits per heavy atom. The second kappa shape index (κ2) is 7.58. The average molecular weight is 292 g/mol. The van der Waals surface area contributed by atoms with Crippen molar-refractivity contribution in [2.45, 2.75) is 12.8 Å². The van der Waals surface area contributed by atoms with Crippen molar-refractivity contribution in [1.82, 2.24) is 15.2 Å². The first-order valence-electron chi connectivity index (χ1n) is 6.98. The topological polar surface area (TPSA) is 97.5 Å². The Labute approximate surface area is 123 Å². The molecule has 1 saturated heterocycles. The molecule has 2 rings (SSSR count). The van der Waals surface area contributed by atoms with Crippen molar-refractivity contribution in [3.63, 3.8) is 0 Å². The molecule has 2 heterocycles. The smallest absolute Gasteiger partial charge is 0.226 e. The van der Waals surface area contributed by atoms with E-state index in [9.17, 15) is 9.59 Å². The van der Waals surface area contributed by atoms with E-state index in [4.69, 9.17) is 10.5 Å². The van der Waals surface area contributed by atoms with Gasteiger partial charge in [0.1, 0.15) is 0 Å². The molecule has 114 valence electrons. The predicted molar refractivity (Wildman–Crippen MR) is 77.4 cm³/mol. The van der Waals surface area contributed by atoms with Crippen LogP contribution in [0.5, 0.6) is 0 Å². The van der Waals surface area contributed by atoms with Crippen LogP contribution in [0.25, 0.3) is 0 Å². The third kappa shape index (κ3) is 5.03. The van der Waals surface area contributed by atoms with Crippen LogP contribution in [0, 0.1) is 0 Å². The van der Waals surface area contributed by atoms with E-state index in [0.717, 1.165) is 0 Å². The first kappa shape index (κ1) is 15.2. The van der Waals surface area contributed by atoms with Crippen molar-refractivity contribution >= 4 is 17.5 Å². The van der Waals surface area contributed by atoms with Gasteiger partial charge in [-0.25, -0.2) is 0 Å². The molecule has 0 aliphatic carbocycles. The number of carbonyl (C=O) groups excluding carboxylic acids is 2. The van der Waals surface area contributed by atoms with E-state index in [1.807, 2.05) is 0 Å². The molecule has 21 heavy (non-hydrogen) atoms. The van der Waals surface area contributed by atoms with Crippen LogP contribution in [0.1, 0.15) is 12.1 Å². The zero-order chi connectivity index (χ0) is 15.1. The van der Waals surface area contributed by atoms with Crippen LogP contribution in [0.3, 0.4) is 0 Å². The van der Waals surface area contributed by atoms with E-state index < -0.39 is 0 Å². The van der Waals surface area contributed by atoms with Crippen molar-refractivity contribution < 1.29 is 14.3 Å². The molecule has 1 fully saturated rings. The van der Waals surface area contributed by atoms with Gasteiger partial charge >= 0.3 is 0 Å². The van der Waals surface area contributed by atoms with Crippen LogP contribution in [-0.2, 0) is 20.7 Å². The molecule has 1 aliphatic heterocycles. The largest absolute Gasteiger partial charge is 0.397 e. The number of rotatable bonds is 5. The molecule has 0 radical (unpaired) electrons. The maximum Gasteiger partial charge on any atom is 0.226 e. The lowest BCUT2D eigenvalue weighted by molar-refractivity contribution is -0.135. The molecule has 1 aromatic heterocycles. The summed E-state index contributed by atoms with van der Waals surface area (Å²) >= 11 is 0. The van der Waals surface area contributed by atoms with Gasteiger partial charge in [0, 0.05) is 31.7 Å². The maximum absolute atomic E-state index is 11.9. The summed E-state index contributed by atoms with van der Waals surface area (Å²) in [4.78, 5) is 29.4. The van der Waals surface area contributed by atoms with Crippen LogP contribution in [-0.4, -0.2) is 54.5 Å². The number of nitrogens with one attached hydrogen (secondary N) is 1. The number of carbonyl (C=O) groups is 2. The summed E-state index contributed by atoms with van der Waals surface area (Å²) in [6.45, 7) is 2.76. The molecular formula is C14H20N4O3. The monoisotopic (exact) mass is 292 g/mol. The molecule has 0 aromatic carbocycles. The van der Waals surface area contributed by atoms with Crippen molar-refractivity contribution in [3.8, 4) is 0 Å². The van der Waals surface area contributed by atoms with Gasteiger partial charge in [0.05, 0.1) is 31.5 Å². The number of aromatic nitrogens is 1. The van der Waals surface area contributed by atoms with Gasteiger partial charge < -0.3 is 20.7 Å². The number of hydrogen-bond donors (Lipinski definition) is 2. The highest BCUT2D eigenvalue weighted by atomic mass is 16.5. The lowest BCUT2D eigenvalue weighted by atomic mass is 10.2. The second-order valence-corrected chi connectivity index (χ2v) is 4.85. The quantitative estimate of drug-likeness (QED) is 0.767. The Balaban J connectivity index is 1.66. The van der Waals surface area contributed by atoms with Gasteiger partial charge in [-0.3, -0.25) is 14.6 Å². The number of ether oxygens (including phenoxy) is 1. The first-order chi connectivity index (χ1) is 10.1. The molecule has 2 amide bonds. The highest BCUT2D eigenvalue weighted by Crippen LogP contribution is 2.02. The Morgan fingerprint density at radius 1 is 1.33 bits per heavy atom. The lowest BCUT2D eigenvalue weighted by Gasteiger charge is -2.26. The fourth-order valence-corrected chi connectivity index (χ4v) is 2.05. The Hall–Kier alpha value is -2.15. The molecule has 0 saturated carbocycles. The van der Waals surface area contributed by atoms with Gasteiger partial charge in [-0.15, -0.1) is 0 Å². The second-order valence-electron chi connectivity index (χ2n) is 4.85. The standard InChI is InChI=1S/C14H20N4O3/c15-11-1-2-12(17-10-11)9-13(19)16-4-3-14(20)18-5-7-21-8-6-18/h1-2,10H,3-9,15H2,(H,16,19). The summed E-state index contributed by atoms with van der Waals surface area (Å²) in [5, 5.41) is 2.73. The molecule has 0 spiro atoms. The predicted octanol–water partition coefficient (Wildman–Crippen LogP) is -0.429. The van der Waals surface area contributed by atoms with Crippen LogP contribution < -0.4 is 11.1 Å². The summed E-state index contributed by atoms with van der Waals surface area (Å²) in [5.41, 5.74) is 6.75. The van der Waals surface area contributed by atoms with Gasteiger partial charge in [-0.1, -0.05) is 0 Å². The minimum atomic E-state index is -0.151. The van der Waals surface area contributed by atoms with Gasteiger partial charge in [-0.2, -0.15) is 0 Å². The number of anilines is 1. The zero-order valence-electron chi connectivity index (χ0n) is 11.9. The van der Waals surface area contributed by atoms with Crippen LogP contribution in [0.15, 0.2) is 18.3 Å². The minimum absolute atomic E-state index is 0.0456. The van der Waals surface area contributed by atoms with Crippen LogP contribution in [0.4, 0.5) is 5.69 Å². The fourth-order valence-electron chi connectivity index (χ4n) is 2.05. The molecule has 1 aromatic rings. The van der Waals surface area contributed by atoms with Gasteiger partial charge in [0.15, 0.2) is 0 Å². The number of nitrogens with zero attached hydrogens (tertiary/aromatic N) is 2. The third-order valence-electron chi connectivity index (χ3n) is 3.21. The molecule has 0 atom stereocenters. The van der Waals surface area contributed by atoms with E-state index >= 15 is 0 Å². The Morgan fingerprint density at radius 3 is 2.76 bits per heavy atom. The number of amides is 2. The molecule has 1 aliphatic rings. The molecular weight excluding hydrogens is 272 g/mol. The Bertz CT molecular complexity index is 483. The van der Waals surface area contributed by atoms with E-state index in [2.05, 4.69) is 10.3 Å². The van der Waals surface area contributed by atoms with E-state index in [1.54, 1.807) is 17.0 Å². The SMILES string of the molecule is Nc1ccc(CC(=O)NCCC(=O)N2CCOCC2)nc1. The normalized spacial score (nSPS) is 14.8. The minimum Gasteiger partial charge on any atom is -0.397 e. The lowest BCUT2D eigenvalue weighted by Crippen LogP contribution is -2.42. The van der Waals surface area contributed by atoms with Crippen molar-refractivity contribution in [2.75, 3.05) is 38.6 Å². The first-order valence-corrected chi connectivity index (χ1v) is 6.98. The number of morpholine rings is 1. The summed E-state index contributed by atoms with van der Waals surface area (Å²) in [5.74, 6) is -0.105. The summed E-state index contributed by atoms with van der Waals surface area (Å²) < 4.78 is 5.19. The molecule has 0 unspecified atom stereocenters. The number of nitrogen functional groups attached to an aromatic ring is 1. The number of pyridine rings is 1. The Kier molecular flexibility index (Phi) is 5.51. The fraction of sp³-hybridized carbons (Fsp3) is 0.500. The third-order valence-corrected chi connectivity index (χ3v) is 3.21. The summed E-state index contributed by atoms with van der Waals surface area (Å²) in [6.07, 6.45) is 2.01. The highest BCUT2D eigenvalue weighted by Gasteiger charge is 2.16. The van der Waals surface area contributed by atoms with Gasteiger partial charge in [-0.05, 0) is 12.1 Å². The molecule has 7 nitrogen and oxygen atoms in total. The molecule has 7 heteroatoms. The number of nitrogens with two attached hydrogens (primary N) is 1. The van der Waals surface area contributed by atoms with E-state index in [1.165, 1.54) is 6.20 Å². The van der Waals surface area contributed by atoms with Crippen molar-refractivity contribution in [1.29, 1.82) is 0 Å². The summed E-state index contributed by atoms with van der Waals surface area (Å²) in [6, 6.07) is 3.42. The van der Waals surface area contributed by atoms with Crippen molar-refractivity contribution in [3.05, 3.63) is 24.0 Å². The maximum atomic E-state index is 11.9. The molecule has 3 N–H and O–H groups in total. The van der Waals surface area contributed by atoms with E-state index in [0.29, 0.717) is 50.7 Å². The molecule has 0 bridgehead atoms. The van der Waals surface area contributed by atoms with Crippen LogP contribution >= 0.6 is 0 Å². The summed E-state index contributed by atoms with van der Waals surface area (Å²) in [7, 11) is 0. The van der Waals surface area contributed by atoms with Gasteiger partial charge in [0.25, 0.3) is 0 Å². The van der Waals surface area contributed by atoms with Crippen LogP contribution in [0.2, 0.25) is 0 Å². The highest BCUT2D eigenvalue weighted by molar-refractivity contribution is 5.80. The number of hydrogen-bond acceptors (Lipinski definition) is 5. The van der Waals surface area contributed by atoms with Crippen molar-refractivity contribution in [2.24, 2.45) is 0 Å². The zero-order valence-corrected chi connectivity index (χ0v) is 11.9.